The first-order valence-corrected chi connectivity index (χ1v) is 10.7. The highest BCUT2D eigenvalue weighted by molar-refractivity contribution is 5.93. The maximum Gasteiger partial charge on any atom is 0.230 e. The van der Waals surface area contributed by atoms with Crippen LogP contribution < -0.4 is 0 Å². The van der Waals surface area contributed by atoms with E-state index in [1.807, 2.05) is 34.9 Å². The Morgan fingerprint density at radius 2 is 2.16 bits per heavy atom. The lowest BCUT2D eigenvalue weighted by atomic mass is 9.76. The first kappa shape index (κ1) is 20.0. The Kier molecular flexibility index (Phi) is 4.55. The molecule has 4 atom stereocenters. The van der Waals surface area contributed by atoms with Crippen molar-refractivity contribution < 1.29 is 14.3 Å². The second-order valence-electron chi connectivity index (χ2n) is 9.17. The molecule has 1 aromatic carbocycles. The number of likely N-dealkylation sites (tertiary alicyclic amines) is 1. The van der Waals surface area contributed by atoms with E-state index in [2.05, 4.69) is 37.0 Å². The van der Waals surface area contributed by atoms with Gasteiger partial charge in [0.05, 0.1) is 31.0 Å². The average Bonchev–Trinajstić information content (AvgIpc) is 3.47. The fraction of sp³-hybridized carbons (Fsp3) is 0.458. The minimum atomic E-state index is -0.691. The van der Waals surface area contributed by atoms with Crippen molar-refractivity contribution >= 4 is 11.8 Å². The van der Waals surface area contributed by atoms with E-state index in [0.717, 1.165) is 17.0 Å². The third kappa shape index (κ3) is 3.10. The van der Waals surface area contributed by atoms with Gasteiger partial charge in [0.15, 0.2) is 0 Å². The number of carbonyl (C=O) groups excluding carboxylic acids is 2. The largest absolute Gasteiger partial charge is 0.360 e. The Morgan fingerprint density at radius 3 is 2.90 bits per heavy atom. The van der Waals surface area contributed by atoms with E-state index >= 15 is 0 Å². The van der Waals surface area contributed by atoms with Gasteiger partial charge in [-0.1, -0.05) is 35.9 Å². The average molecular weight is 421 g/mol. The minimum Gasteiger partial charge on any atom is -0.360 e. The molecular weight excluding hydrogens is 392 g/mol. The first-order chi connectivity index (χ1) is 14.8. The summed E-state index contributed by atoms with van der Waals surface area (Å²) in [6.45, 7) is 5.55. The number of fused-ring (bicyclic) bond motifs is 1. The number of ether oxygens (including phenoxy) is 1. The second-order valence-corrected chi connectivity index (χ2v) is 9.17. The van der Waals surface area contributed by atoms with Crippen molar-refractivity contribution in [1.82, 2.24) is 19.4 Å². The van der Waals surface area contributed by atoms with Crippen LogP contribution in [0, 0.1) is 25.7 Å². The van der Waals surface area contributed by atoms with E-state index in [1.165, 1.54) is 5.56 Å². The summed E-state index contributed by atoms with van der Waals surface area (Å²) in [5.74, 6) is -0.211. The lowest BCUT2D eigenvalue weighted by molar-refractivity contribution is -0.143. The van der Waals surface area contributed by atoms with Crippen LogP contribution >= 0.6 is 0 Å². The molecule has 0 radical (unpaired) electrons. The number of imidazole rings is 1. The summed E-state index contributed by atoms with van der Waals surface area (Å²) in [7, 11) is 3.68. The summed E-state index contributed by atoms with van der Waals surface area (Å²) in [6, 6.07) is 6.30. The molecule has 4 heterocycles. The molecule has 3 aliphatic heterocycles. The summed E-state index contributed by atoms with van der Waals surface area (Å²) >= 11 is 0. The van der Waals surface area contributed by atoms with Crippen molar-refractivity contribution in [2.45, 2.75) is 38.6 Å². The van der Waals surface area contributed by atoms with Crippen LogP contribution in [0.3, 0.4) is 0 Å². The fourth-order valence-electron chi connectivity index (χ4n) is 5.26. The molecule has 2 fully saturated rings. The summed E-state index contributed by atoms with van der Waals surface area (Å²) in [5.41, 5.74) is 2.78. The standard InChI is InChI=1S/C24H28N4O3/c1-15-5-6-16(2)17(11-15)12-28-14-24-8-7-18(31-24)20(21(24)23(28)30)22(29)27(4)13-19-25-9-10-26(19)3/h5-11,18,20-21H,12-14H2,1-4H3/t18-,20-,21+,24-/m0/s1. The number of hydrogen-bond donors (Lipinski definition) is 0. The number of amides is 2. The van der Waals surface area contributed by atoms with Crippen LogP contribution in [-0.4, -0.2) is 56.5 Å². The number of rotatable bonds is 5. The van der Waals surface area contributed by atoms with Gasteiger partial charge < -0.3 is 19.1 Å². The Morgan fingerprint density at radius 1 is 1.35 bits per heavy atom. The first-order valence-electron chi connectivity index (χ1n) is 10.7. The lowest BCUT2D eigenvalue weighted by Crippen LogP contribution is -2.44. The van der Waals surface area contributed by atoms with Gasteiger partial charge in [-0.2, -0.15) is 0 Å². The predicted octanol–water partition coefficient (Wildman–Crippen LogP) is 1.98. The van der Waals surface area contributed by atoms with Gasteiger partial charge >= 0.3 is 0 Å². The van der Waals surface area contributed by atoms with E-state index in [0.29, 0.717) is 19.6 Å². The number of aromatic nitrogens is 2. The molecule has 1 aromatic heterocycles. The highest BCUT2D eigenvalue weighted by atomic mass is 16.5. The fourth-order valence-corrected chi connectivity index (χ4v) is 5.26. The van der Waals surface area contributed by atoms with Crippen molar-refractivity contribution in [3.8, 4) is 0 Å². The van der Waals surface area contributed by atoms with Crippen molar-refractivity contribution in [2.75, 3.05) is 13.6 Å². The molecule has 7 nitrogen and oxygen atoms in total. The van der Waals surface area contributed by atoms with Gasteiger partial charge in [0.25, 0.3) is 0 Å². The highest BCUT2D eigenvalue weighted by Crippen LogP contribution is 2.52. The Balaban J connectivity index is 1.38. The maximum absolute atomic E-state index is 13.5. The van der Waals surface area contributed by atoms with Crippen molar-refractivity contribution in [1.29, 1.82) is 0 Å². The van der Waals surface area contributed by atoms with E-state index in [-0.39, 0.29) is 17.9 Å². The number of benzene rings is 1. The zero-order valence-electron chi connectivity index (χ0n) is 18.4. The Bertz CT molecular complexity index is 1090. The van der Waals surface area contributed by atoms with Crippen LogP contribution in [0.1, 0.15) is 22.5 Å². The molecule has 2 amide bonds. The van der Waals surface area contributed by atoms with Gasteiger partial charge in [0, 0.05) is 33.0 Å². The SMILES string of the molecule is Cc1ccc(C)c(CN2C[C@]34C=C[C@H](O3)[C@H](C(=O)N(C)Cc3nccn3C)[C@@H]4C2=O)c1. The highest BCUT2D eigenvalue weighted by Gasteiger charge is 2.67. The zero-order chi connectivity index (χ0) is 21.9. The topological polar surface area (TPSA) is 67.7 Å². The third-order valence-corrected chi connectivity index (χ3v) is 7.01. The molecule has 0 aliphatic carbocycles. The van der Waals surface area contributed by atoms with E-state index in [1.54, 1.807) is 18.1 Å². The summed E-state index contributed by atoms with van der Waals surface area (Å²) in [5, 5.41) is 0. The normalized spacial score (nSPS) is 28.5. The number of nitrogens with zero attached hydrogens (tertiary/aromatic N) is 4. The number of carbonyl (C=O) groups is 2. The molecule has 1 spiro atoms. The molecule has 2 aromatic rings. The molecule has 3 aliphatic rings. The van der Waals surface area contributed by atoms with Crippen LogP contribution in [0.2, 0.25) is 0 Å². The van der Waals surface area contributed by atoms with E-state index < -0.39 is 17.4 Å². The monoisotopic (exact) mass is 420 g/mol. The molecule has 0 unspecified atom stereocenters. The van der Waals surface area contributed by atoms with Crippen LogP contribution in [0.5, 0.6) is 0 Å². The van der Waals surface area contributed by atoms with E-state index in [9.17, 15) is 9.59 Å². The Hall–Kier alpha value is -2.93. The molecule has 162 valence electrons. The van der Waals surface area contributed by atoms with Crippen LogP contribution in [0.25, 0.3) is 0 Å². The van der Waals surface area contributed by atoms with Crippen molar-refractivity contribution in [3.05, 3.63) is 65.3 Å². The van der Waals surface area contributed by atoms with Gasteiger partial charge in [0.1, 0.15) is 11.4 Å². The zero-order valence-corrected chi connectivity index (χ0v) is 18.4. The molecule has 2 saturated heterocycles. The predicted molar refractivity (Wildman–Crippen MR) is 115 cm³/mol. The number of hydrogen-bond acceptors (Lipinski definition) is 4. The van der Waals surface area contributed by atoms with Crippen LogP contribution in [0.15, 0.2) is 42.7 Å². The minimum absolute atomic E-state index is 0.0106. The van der Waals surface area contributed by atoms with Gasteiger partial charge in [-0.15, -0.1) is 0 Å². The third-order valence-electron chi connectivity index (χ3n) is 7.01. The van der Waals surface area contributed by atoms with Crippen molar-refractivity contribution in [2.24, 2.45) is 18.9 Å². The second kappa shape index (κ2) is 7.05. The molecule has 0 N–H and O–H groups in total. The van der Waals surface area contributed by atoms with Crippen LogP contribution in [-0.2, 0) is 34.5 Å². The van der Waals surface area contributed by atoms with Gasteiger partial charge in [-0.3, -0.25) is 9.59 Å². The molecule has 2 bridgehead atoms. The van der Waals surface area contributed by atoms with Crippen molar-refractivity contribution in [3.63, 3.8) is 0 Å². The lowest BCUT2D eigenvalue weighted by Gasteiger charge is -2.27. The molecule has 5 rings (SSSR count). The molecule has 7 heteroatoms. The molecular formula is C24H28N4O3. The molecule has 0 saturated carbocycles. The number of aryl methyl sites for hydroxylation is 3. The summed E-state index contributed by atoms with van der Waals surface area (Å²) in [6.07, 6.45) is 7.21. The van der Waals surface area contributed by atoms with Crippen LogP contribution in [0.4, 0.5) is 0 Å². The van der Waals surface area contributed by atoms with Gasteiger partial charge in [-0.05, 0) is 25.0 Å². The van der Waals surface area contributed by atoms with Gasteiger partial charge in [-0.25, -0.2) is 4.98 Å². The molecule has 31 heavy (non-hydrogen) atoms. The smallest absolute Gasteiger partial charge is 0.230 e. The quantitative estimate of drug-likeness (QED) is 0.694. The summed E-state index contributed by atoms with van der Waals surface area (Å²) in [4.78, 5) is 34.8. The maximum atomic E-state index is 13.5. The van der Waals surface area contributed by atoms with Gasteiger partial charge in [0.2, 0.25) is 11.8 Å². The van der Waals surface area contributed by atoms with E-state index in [4.69, 9.17) is 4.74 Å². The Labute approximate surface area is 182 Å². The summed E-state index contributed by atoms with van der Waals surface area (Å²) < 4.78 is 8.18.